The molecule has 3 rings (SSSR count). The van der Waals surface area contributed by atoms with Gasteiger partial charge in [0.2, 0.25) is 5.91 Å². The lowest BCUT2D eigenvalue weighted by Crippen LogP contribution is -2.49. The van der Waals surface area contributed by atoms with E-state index in [0.717, 1.165) is 43.3 Å². The van der Waals surface area contributed by atoms with Crippen molar-refractivity contribution in [1.29, 1.82) is 0 Å². The highest BCUT2D eigenvalue weighted by Crippen LogP contribution is 2.28. The van der Waals surface area contributed by atoms with Crippen molar-refractivity contribution in [3.8, 4) is 5.75 Å². The molecule has 0 saturated carbocycles. The highest BCUT2D eigenvalue weighted by atomic mass is 35.5. The number of hydrogen-bond acceptors (Lipinski definition) is 4. The first-order chi connectivity index (χ1) is 12.7. The van der Waals surface area contributed by atoms with Crippen LogP contribution in [-0.4, -0.2) is 50.6 Å². The van der Waals surface area contributed by atoms with Crippen molar-refractivity contribution < 1.29 is 9.53 Å². The van der Waals surface area contributed by atoms with Crippen molar-refractivity contribution in [2.45, 2.75) is 6.42 Å². The fourth-order valence-corrected chi connectivity index (χ4v) is 3.25. The molecule has 2 aromatic carbocycles. The number of methoxy groups -OCH3 is 1. The largest absolute Gasteiger partial charge is 0.495 e. The van der Waals surface area contributed by atoms with Gasteiger partial charge in [-0.2, -0.15) is 0 Å². The third-order valence-corrected chi connectivity index (χ3v) is 4.82. The molecular formula is C20H24ClN3O2. The van der Waals surface area contributed by atoms with E-state index in [1.165, 1.54) is 0 Å². The lowest BCUT2D eigenvalue weighted by Gasteiger charge is -2.36. The summed E-state index contributed by atoms with van der Waals surface area (Å²) >= 11 is 5.87. The minimum absolute atomic E-state index is 0.186. The highest BCUT2D eigenvalue weighted by Gasteiger charge is 2.22. The van der Waals surface area contributed by atoms with Crippen LogP contribution in [-0.2, 0) is 4.79 Å². The van der Waals surface area contributed by atoms with Gasteiger partial charge < -0.3 is 19.9 Å². The molecule has 0 unspecified atom stereocenters. The maximum Gasteiger partial charge on any atom is 0.224 e. The first-order valence-electron chi connectivity index (χ1n) is 8.82. The fourth-order valence-electron chi connectivity index (χ4n) is 3.13. The predicted molar refractivity (Wildman–Crippen MR) is 106 cm³/mol. The topological polar surface area (TPSA) is 44.8 Å². The molecule has 0 aromatic heterocycles. The van der Waals surface area contributed by atoms with Gasteiger partial charge in [-0.3, -0.25) is 4.79 Å². The molecule has 1 heterocycles. The second-order valence-electron chi connectivity index (χ2n) is 6.22. The Morgan fingerprint density at radius 1 is 1.08 bits per heavy atom. The van der Waals surface area contributed by atoms with E-state index in [4.69, 9.17) is 16.3 Å². The van der Waals surface area contributed by atoms with Crippen molar-refractivity contribution >= 4 is 28.9 Å². The molecule has 5 nitrogen and oxygen atoms in total. The van der Waals surface area contributed by atoms with E-state index < -0.39 is 0 Å². The third-order valence-electron chi connectivity index (χ3n) is 4.57. The number of ether oxygens (including phenoxy) is 1. The number of amides is 1. The number of hydrogen-bond donors (Lipinski definition) is 1. The van der Waals surface area contributed by atoms with Crippen LogP contribution < -0.4 is 15.0 Å². The smallest absolute Gasteiger partial charge is 0.224 e. The van der Waals surface area contributed by atoms with Gasteiger partial charge in [0.15, 0.2) is 0 Å². The molecule has 0 spiro atoms. The molecule has 1 aliphatic heterocycles. The first-order valence-corrected chi connectivity index (χ1v) is 9.20. The van der Waals surface area contributed by atoms with Crippen LogP contribution in [0, 0.1) is 0 Å². The number of carbonyl (C=O) groups excluding carboxylic acids is 1. The van der Waals surface area contributed by atoms with Gasteiger partial charge in [0, 0.05) is 49.9 Å². The summed E-state index contributed by atoms with van der Waals surface area (Å²) in [5.41, 5.74) is 2.06. The normalized spacial score (nSPS) is 14.2. The van der Waals surface area contributed by atoms with Gasteiger partial charge in [-0.05, 0) is 36.4 Å². The van der Waals surface area contributed by atoms with E-state index in [2.05, 4.69) is 16.3 Å². The van der Waals surface area contributed by atoms with Gasteiger partial charge in [0.25, 0.3) is 0 Å². The van der Waals surface area contributed by atoms with Gasteiger partial charge in [-0.15, -0.1) is 0 Å². The van der Waals surface area contributed by atoms with Crippen molar-refractivity contribution in [1.82, 2.24) is 4.90 Å². The van der Waals surface area contributed by atoms with Gasteiger partial charge in [0.1, 0.15) is 5.75 Å². The van der Waals surface area contributed by atoms with Crippen LogP contribution in [0.2, 0.25) is 5.02 Å². The molecule has 1 aliphatic rings. The Bertz CT molecular complexity index is 728. The summed E-state index contributed by atoms with van der Waals surface area (Å²) in [6.07, 6.45) is 0.483. The minimum atomic E-state index is 0.186. The van der Waals surface area contributed by atoms with Crippen LogP contribution in [0.15, 0.2) is 48.5 Å². The average molecular weight is 374 g/mol. The number of anilines is 2. The Morgan fingerprint density at radius 2 is 1.77 bits per heavy atom. The number of halogens is 1. The maximum absolute atomic E-state index is 12.4. The summed E-state index contributed by atoms with van der Waals surface area (Å²) in [7, 11) is 1.69. The quantitative estimate of drug-likeness (QED) is 0.841. The van der Waals surface area contributed by atoms with Crippen molar-refractivity contribution in [2.75, 3.05) is 50.1 Å². The molecule has 1 fully saturated rings. The number of piperazine rings is 1. The lowest BCUT2D eigenvalue weighted by molar-refractivity contribution is -0.131. The summed E-state index contributed by atoms with van der Waals surface area (Å²) in [6.45, 7) is 3.72. The van der Waals surface area contributed by atoms with E-state index in [-0.39, 0.29) is 5.91 Å². The summed E-state index contributed by atoms with van der Waals surface area (Å²) in [5.74, 6) is 1.06. The molecule has 2 aromatic rings. The first kappa shape index (κ1) is 18.4. The van der Waals surface area contributed by atoms with Crippen LogP contribution in [0.5, 0.6) is 5.75 Å². The Kier molecular flexibility index (Phi) is 6.23. The van der Waals surface area contributed by atoms with Gasteiger partial charge >= 0.3 is 0 Å². The fraction of sp³-hybridized carbons (Fsp3) is 0.350. The zero-order valence-corrected chi connectivity index (χ0v) is 15.7. The molecular weight excluding hydrogens is 350 g/mol. The molecule has 0 bridgehead atoms. The zero-order valence-electron chi connectivity index (χ0n) is 15.0. The van der Waals surface area contributed by atoms with E-state index >= 15 is 0 Å². The Labute approximate surface area is 159 Å². The molecule has 1 saturated heterocycles. The third kappa shape index (κ3) is 4.61. The van der Waals surface area contributed by atoms with Crippen LogP contribution in [0.1, 0.15) is 6.42 Å². The SMILES string of the molecule is COc1ccccc1N1CCN(C(=O)CCNc2ccc(Cl)cc2)CC1. The lowest BCUT2D eigenvalue weighted by atomic mass is 10.2. The number of carbonyl (C=O) groups is 1. The van der Waals surface area contributed by atoms with Crippen molar-refractivity contribution in [2.24, 2.45) is 0 Å². The number of para-hydroxylation sites is 2. The molecule has 138 valence electrons. The second-order valence-corrected chi connectivity index (χ2v) is 6.66. The van der Waals surface area contributed by atoms with E-state index in [1.54, 1.807) is 7.11 Å². The Hall–Kier alpha value is -2.40. The van der Waals surface area contributed by atoms with Gasteiger partial charge in [-0.1, -0.05) is 23.7 Å². The molecule has 0 aliphatic carbocycles. The molecule has 1 amide bonds. The van der Waals surface area contributed by atoms with Crippen molar-refractivity contribution in [3.63, 3.8) is 0 Å². The van der Waals surface area contributed by atoms with Crippen molar-refractivity contribution in [3.05, 3.63) is 53.6 Å². The highest BCUT2D eigenvalue weighted by molar-refractivity contribution is 6.30. The van der Waals surface area contributed by atoms with E-state index in [0.29, 0.717) is 18.0 Å². The summed E-state index contributed by atoms with van der Waals surface area (Å²) in [5, 5.41) is 3.97. The zero-order chi connectivity index (χ0) is 18.4. The number of nitrogens with zero attached hydrogens (tertiary/aromatic N) is 2. The predicted octanol–water partition coefficient (Wildman–Crippen LogP) is 3.50. The Balaban J connectivity index is 1.45. The van der Waals surface area contributed by atoms with Crippen LogP contribution in [0.3, 0.4) is 0 Å². The van der Waals surface area contributed by atoms with Gasteiger partial charge in [0.05, 0.1) is 12.8 Å². The Morgan fingerprint density at radius 3 is 2.46 bits per heavy atom. The van der Waals surface area contributed by atoms with Crippen LogP contribution in [0.4, 0.5) is 11.4 Å². The molecule has 0 atom stereocenters. The molecule has 26 heavy (non-hydrogen) atoms. The summed E-state index contributed by atoms with van der Waals surface area (Å²) in [4.78, 5) is 16.6. The average Bonchev–Trinajstić information content (AvgIpc) is 2.69. The number of nitrogens with one attached hydrogen (secondary N) is 1. The van der Waals surface area contributed by atoms with Gasteiger partial charge in [-0.25, -0.2) is 0 Å². The number of rotatable bonds is 6. The monoisotopic (exact) mass is 373 g/mol. The molecule has 0 radical (unpaired) electrons. The summed E-state index contributed by atoms with van der Waals surface area (Å²) in [6, 6.07) is 15.5. The maximum atomic E-state index is 12.4. The van der Waals surface area contributed by atoms with E-state index in [1.807, 2.05) is 47.4 Å². The summed E-state index contributed by atoms with van der Waals surface area (Å²) < 4.78 is 5.44. The number of benzene rings is 2. The standard InChI is InChI=1S/C20H24ClN3O2/c1-26-19-5-3-2-4-18(19)23-12-14-24(15-13-23)20(25)10-11-22-17-8-6-16(21)7-9-17/h2-9,22H,10-15H2,1H3. The second kappa shape index (κ2) is 8.81. The molecule has 6 heteroatoms. The van der Waals surface area contributed by atoms with Crippen LogP contribution in [0.25, 0.3) is 0 Å². The molecule has 1 N–H and O–H groups in total. The van der Waals surface area contributed by atoms with Crippen LogP contribution >= 0.6 is 11.6 Å². The van der Waals surface area contributed by atoms with E-state index in [9.17, 15) is 4.79 Å². The minimum Gasteiger partial charge on any atom is -0.495 e.